The van der Waals surface area contributed by atoms with E-state index in [-0.39, 0.29) is 5.84 Å². The number of hydrogen-bond acceptors (Lipinski definition) is 2. The van der Waals surface area contributed by atoms with E-state index in [1.165, 1.54) is 6.54 Å². The van der Waals surface area contributed by atoms with E-state index >= 15 is 0 Å². The van der Waals surface area contributed by atoms with E-state index < -0.39 is 0 Å². The maximum absolute atomic E-state index is 7.10. The Morgan fingerprint density at radius 3 is 2.18 bits per heavy atom. The van der Waals surface area contributed by atoms with Crippen molar-refractivity contribution in [2.75, 3.05) is 0 Å². The Balaban J connectivity index is 2.91. The SMILES string of the molecule is N=C(N)c1ccc([CH]N)cc1. The van der Waals surface area contributed by atoms with Crippen molar-refractivity contribution < 1.29 is 0 Å². The number of nitrogens with one attached hydrogen (secondary N) is 1. The molecule has 0 fully saturated rings. The summed E-state index contributed by atoms with van der Waals surface area (Å²) in [5, 5.41) is 7.10. The van der Waals surface area contributed by atoms with E-state index in [2.05, 4.69) is 0 Å². The maximum Gasteiger partial charge on any atom is 0.122 e. The first kappa shape index (κ1) is 7.75. The number of benzene rings is 1. The fourth-order valence-corrected chi connectivity index (χ4v) is 0.774. The summed E-state index contributed by atoms with van der Waals surface area (Å²) in [6.07, 6.45) is 0. The van der Waals surface area contributed by atoms with Crippen LogP contribution in [0.1, 0.15) is 11.1 Å². The molecule has 1 aromatic rings. The minimum absolute atomic E-state index is 0.0774. The zero-order chi connectivity index (χ0) is 8.27. The molecule has 0 aliphatic heterocycles. The van der Waals surface area contributed by atoms with Gasteiger partial charge in [0.25, 0.3) is 0 Å². The minimum atomic E-state index is 0.0774. The van der Waals surface area contributed by atoms with E-state index in [4.69, 9.17) is 16.9 Å². The monoisotopic (exact) mass is 148 g/mol. The molecule has 0 aliphatic carbocycles. The zero-order valence-corrected chi connectivity index (χ0v) is 6.04. The van der Waals surface area contributed by atoms with Gasteiger partial charge in [-0.1, -0.05) is 24.3 Å². The number of hydrogen-bond donors (Lipinski definition) is 3. The van der Waals surface area contributed by atoms with Crippen LogP contribution < -0.4 is 11.5 Å². The lowest BCUT2D eigenvalue weighted by atomic mass is 10.1. The van der Waals surface area contributed by atoms with Crippen LogP contribution in [0.15, 0.2) is 24.3 Å². The van der Waals surface area contributed by atoms with Crippen molar-refractivity contribution in [1.82, 2.24) is 0 Å². The largest absolute Gasteiger partial charge is 0.384 e. The second-order valence-corrected chi connectivity index (χ2v) is 2.20. The van der Waals surface area contributed by atoms with Crippen LogP contribution in [0.5, 0.6) is 0 Å². The number of nitrogens with two attached hydrogens (primary N) is 2. The van der Waals surface area contributed by atoms with E-state index in [9.17, 15) is 0 Å². The Morgan fingerprint density at radius 1 is 1.27 bits per heavy atom. The molecule has 0 atom stereocenters. The van der Waals surface area contributed by atoms with Crippen molar-refractivity contribution >= 4 is 5.84 Å². The number of rotatable bonds is 2. The highest BCUT2D eigenvalue weighted by atomic mass is 14.7. The molecule has 0 aromatic heterocycles. The van der Waals surface area contributed by atoms with Crippen LogP contribution in [0.4, 0.5) is 0 Å². The molecule has 0 amide bonds. The zero-order valence-electron chi connectivity index (χ0n) is 6.04. The van der Waals surface area contributed by atoms with Crippen molar-refractivity contribution in [2.45, 2.75) is 0 Å². The number of nitrogen functional groups attached to an aromatic ring is 1. The second kappa shape index (κ2) is 3.16. The highest BCUT2D eigenvalue weighted by molar-refractivity contribution is 5.94. The van der Waals surface area contributed by atoms with Crippen molar-refractivity contribution in [3.63, 3.8) is 0 Å². The van der Waals surface area contributed by atoms with Gasteiger partial charge in [0.1, 0.15) is 5.84 Å². The summed E-state index contributed by atoms with van der Waals surface area (Å²) >= 11 is 0. The Labute approximate surface area is 65.5 Å². The Morgan fingerprint density at radius 2 is 1.82 bits per heavy atom. The summed E-state index contributed by atoms with van der Waals surface area (Å²) in [7, 11) is 0. The van der Waals surface area contributed by atoms with Crippen molar-refractivity contribution in [3.8, 4) is 0 Å². The fraction of sp³-hybridized carbons (Fsp3) is 0. The summed E-state index contributed by atoms with van der Waals surface area (Å²) in [5.74, 6) is 0.0774. The molecule has 11 heavy (non-hydrogen) atoms. The molecule has 0 aliphatic rings. The molecule has 0 spiro atoms. The third-order valence-electron chi connectivity index (χ3n) is 1.41. The third-order valence-corrected chi connectivity index (χ3v) is 1.41. The van der Waals surface area contributed by atoms with Crippen LogP contribution >= 0.6 is 0 Å². The van der Waals surface area contributed by atoms with Gasteiger partial charge < -0.3 is 11.5 Å². The van der Waals surface area contributed by atoms with Gasteiger partial charge in [0, 0.05) is 12.1 Å². The first-order valence-electron chi connectivity index (χ1n) is 3.23. The molecule has 0 saturated heterocycles. The summed E-state index contributed by atoms with van der Waals surface area (Å²) in [4.78, 5) is 0. The standard InChI is InChI=1S/C8H10N3/c9-5-6-1-3-7(4-2-6)8(10)11/h1-5H,9H2,(H3,10,11). The molecule has 5 N–H and O–H groups in total. The molecule has 1 aromatic carbocycles. The van der Waals surface area contributed by atoms with Gasteiger partial charge in [-0.15, -0.1) is 0 Å². The quantitative estimate of drug-likeness (QED) is 0.420. The van der Waals surface area contributed by atoms with E-state index in [1.54, 1.807) is 12.1 Å². The first-order chi connectivity index (χ1) is 5.24. The van der Waals surface area contributed by atoms with Crippen LogP contribution in [0.3, 0.4) is 0 Å². The van der Waals surface area contributed by atoms with Crippen LogP contribution in [-0.4, -0.2) is 5.84 Å². The Hall–Kier alpha value is -1.35. The van der Waals surface area contributed by atoms with Gasteiger partial charge in [-0.25, -0.2) is 0 Å². The lowest BCUT2D eigenvalue weighted by Gasteiger charge is -1.98. The van der Waals surface area contributed by atoms with Crippen molar-refractivity contribution in [1.29, 1.82) is 5.41 Å². The highest BCUT2D eigenvalue weighted by Crippen LogP contribution is 2.02. The van der Waals surface area contributed by atoms with Gasteiger partial charge in [-0.2, -0.15) is 0 Å². The molecule has 1 radical (unpaired) electrons. The molecule has 3 heteroatoms. The third kappa shape index (κ3) is 1.78. The molecule has 0 heterocycles. The van der Waals surface area contributed by atoms with Crippen molar-refractivity contribution in [2.24, 2.45) is 11.5 Å². The van der Waals surface area contributed by atoms with E-state index in [0.29, 0.717) is 0 Å². The van der Waals surface area contributed by atoms with Crippen LogP contribution in [0, 0.1) is 12.0 Å². The topological polar surface area (TPSA) is 75.9 Å². The van der Waals surface area contributed by atoms with Gasteiger partial charge in [-0.05, 0) is 5.56 Å². The van der Waals surface area contributed by atoms with Gasteiger partial charge >= 0.3 is 0 Å². The second-order valence-electron chi connectivity index (χ2n) is 2.20. The molecule has 0 saturated carbocycles. The molecule has 3 nitrogen and oxygen atoms in total. The van der Waals surface area contributed by atoms with Crippen molar-refractivity contribution in [3.05, 3.63) is 41.9 Å². The van der Waals surface area contributed by atoms with Crippen LogP contribution in [0.2, 0.25) is 0 Å². The minimum Gasteiger partial charge on any atom is -0.384 e. The van der Waals surface area contributed by atoms with E-state index in [0.717, 1.165) is 11.1 Å². The summed E-state index contributed by atoms with van der Waals surface area (Å²) in [6, 6.07) is 7.16. The normalized spacial score (nSPS) is 9.55. The van der Waals surface area contributed by atoms with Gasteiger partial charge in [0.2, 0.25) is 0 Å². The molecular formula is C8H10N3. The van der Waals surface area contributed by atoms with E-state index in [1.807, 2.05) is 12.1 Å². The highest BCUT2D eigenvalue weighted by Gasteiger charge is 1.94. The summed E-state index contributed by atoms with van der Waals surface area (Å²) in [5.41, 5.74) is 12.2. The fourth-order valence-electron chi connectivity index (χ4n) is 0.774. The molecular weight excluding hydrogens is 138 g/mol. The predicted molar refractivity (Wildman–Crippen MR) is 45.0 cm³/mol. The lowest BCUT2D eigenvalue weighted by molar-refractivity contribution is 1.34. The van der Waals surface area contributed by atoms with Gasteiger partial charge in [0.15, 0.2) is 0 Å². The summed E-state index contributed by atoms with van der Waals surface area (Å²) in [6.45, 7) is 1.50. The first-order valence-corrected chi connectivity index (χ1v) is 3.23. The average molecular weight is 148 g/mol. The van der Waals surface area contributed by atoms with Crippen LogP contribution in [-0.2, 0) is 0 Å². The molecule has 0 unspecified atom stereocenters. The Kier molecular flexibility index (Phi) is 2.23. The smallest absolute Gasteiger partial charge is 0.122 e. The molecule has 0 bridgehead atoms. The maximum atomic E-state index is 7.10. The molecule has 57 valence electrons. The lowest BCUT2D eigenvalue weighted by Crippen LogP contribution is -2.10. The Bertz CT molecular complexity index is 251. The summed E-state index contributed by atoms with van der Waals surface area (Å²) < 4.78 is 0. The predicted octanol–water partition coefficient (Wildman–Crippen LogP) is 0.439. The molecule has 1 rings (SSSR count). The number of amidine groups is 1. The van der Waals surface area contributed by atoms with Crippen LogP contribution in [0.25, 0.3) is 0 Å². The van der Waals surface area contributed by atoms with Gasteiger partial charge in [0.05, 0.1) is 0 Å². The van der Waals surface area contributed by atoms with Gasteiger partial charge in [-0.3, -0.25) is 5.41 Å². The average Bonchev–Trinajstić information content (AvgIpc) is 2.05.